The largest absolute Gasteiger partial charge is 0.384 e. The molecule has 0 bridgehead atoms. The maximum atomic E-state index is 13.6. The van der Waals surface area contributed by atoms with Gasteiger partial charge < -0.3 is 16.4 Å². The lowest BCUT2D eigenvalue weighted by atomic mass is 9.78. The fourth-order valence-electron chi connectivity index (χ4n) is 5.10. The Kier molecular flexibility index (Phi) is 8.33. The number of amidine groups is 1. The highest BCUT2D eigenvalue weighted by Gasteiger charge is 2.34. The van der Waals surface area contributed by atoms with E-state index in [0.29, 0.717) is 17.0 Å². The summed E-state index contributed by atoms with van der Waals surface area (Å²) < 4.78 is 0.907. The van der Waals surface area contributed by atoms with Crippen LogP contribution in [0, 0.1) is 5.41 Å². The molecule has 1 fully saturated rings. The Bertz CT molecular complexity index is 1280. The number of ketones is 1. The number of aromatic nitrogens is 1. The first-order valence-corrected chi connectivity index (χ1v) is 13.5. The van der Waals surface area contributed by atoms with Crippen LogP contribution in [-0.4, -0.2) is 40.0 Å². The molecule has 1 heterocycles. The Labute approximate surface area is 220 Å². The normalized spacial score (nSPS) is 15.6. The second-order valence-electron chi connectivity index (χ2n) is 9.81. The zero-order valence-electron chi connectivity index (χ0n) is 21.0. The van der Waals surface area contributed by atoms with Crippen molar-refractivity contribution in [2.24, 2.45) is 5.73 Å². The van der Waals surface area contributed by atoms with Crippen LogP contribution in [0.15, 0.2) is 48.5 Å². The number of nitrogen functional groups attached to an aromatic ring is 1. The van der Waals surface area contributed by atoms with Gasteiger partial charge in [0.1, 0.15) is 5.84 Å². The third kappa shape index (κ3) is 6.80. The lowest BCUT2D eigenvalue weighted by molar-refractivity contribution is -0.124. The summed E-state index contributed by atoms with van der Waals surface area (Å²) in [7, 11) is 0. The molecule has 3 aromatic rings. The van der Waals surface area contributed by atoms with Gasteiger partial charge in [0.2, 0.25) is 17.6 Å². The molecule has 4 rings (SSSR count). The molecule has 1 aromatic heterocycles. The number of rotatable bonds is 10. The molecule has 1 aliphatic rings. The summed E-state index contributed by atoms with van der Waals surface area (Å²) in [5.41, 5.74) is 7.37. The maximum absolute atomic E-state index is 13.6. The monoisotopic (exact) mass is 519 g/mol. The van der Waals surface area contributed by atoms with E-state index in [2.05, 4.69) is 15.6 Å². The number of Topliss-reactive ketones (excluding diaryl/α,β-unsaturated/α-hetero) is 1. The standard InChI is InChI=1S/C28H33N5O3S/c1-18(34)33-28(13-5-2-6-14-28)15-12-24(35)31-22(17-19-8-7-9-20(16-19)26(29)30)25(36)27-32-21-10-3-4-11-23(21)37-27/h3-4,7-11,16,22H,2,5-6,12-15,17H2,1H3,(H3,29,30)(H,31,35)(H,33,34). The fourth-order valence-corrected chi connectivity index (χ4v) is 6.06. The number of amides is 2. The fraction of sp³-hybridized carbons (Fsp3) is 0.393. The predicted molar refractivity (Wildman–Crippen MR) is 146 cm³/mol. The molecule has 1 aliphatic carbocycles. The van der Waals surface area contributed by atoms with E-state index in [4.69, 9.17) is 11.1 Å². The van der Waals surface area contributed by atoms with Crippen LogP contribution in [0.25, 0.3) is 10.2 Å². The van der Waals surface area contributed by atoms with Crippen molar-refractivity contribution in [1.82, 2.24) is 15.6 Å². The molecule has 194 valence electrons. The molecule has 2 aromatic carbocycles. The lowest BCUT2D eigenvalue weighted by Gasteiger charge is -2.38. The minimum absolute atomic E-state index is 0.0595. The van der Waals surface area contributed by atoms with Gasteiger partial charge in [-0.2, -0.15) is 0 Å². The molecule has 1 atom stereocenters. The molecular weight excluding hydrogens is 486 g/mol. The Morgan fingerprint density at radius 1 is 1.11 bits per heavy atom. The number of nitrogens with one attached hydrogen (secondary N) is 3. The Morgan fingerprint density at radius 3 is 2.57 bits per heavy atom. The zero-order chi connectivity index (χ0) is 26.4. The first-order chi connectivity index (χ1) is 17.7. The van der Waals surface area contributed by atoms with Crippen LogP contribution in [-0.2, 0) is 16.0 Å². The Morgan fingerprint density at radius 2 is 1.86 bits per heavy atom. The molecule has 0 aliphatic heterocycles. The molecule has 0 spiro atoms. The van der Waals surface area contributed by atoms with Gasteiger partial charge in [-0.25, -0.2) is 4.98 Å². The summed E-state index contributed by atoms with van der Waals surface area (Å²) in [5.74, 6) is -0.637. The van der Waals surface area contributed by atoms with Gasteiger partial charge in [-0.1, -0.05) is 49.6 Å². The highest BCUT2D eigenvalue weighted by molar-refractivity contribution is 7.20. The van der Waals surface area contributed by atoms with E-state index in [1.54, 1.807) is 18.2 Å². The number of hydrogen-bond donors (Lipinski definition) is 4. The zero-order valence-corrected chi connectivity index (χ0v) is 21.8. The van der Waals surface area contributed by atoms with Gasteiger partial charge in [0.15, 0.2) is 5.01 Å². The summed E-state index contributed by atoms with van der Waals surface area (Å²) in [6.07, 6.45) is 5.86. The molecule has 37 heavy (non-hydrogen) atoms. The molecule has 2 amide bonds. The number of fused-ring (bicyclic) bond motifs is 1. The van der Waals surface area contributed by atoms with Crippen molar-refractivity contribution in [2.75, 3.05) is 0 Å². The first-order valence-electron chi connectivity index (χ1n) is 12.7. The number of carbonyl (C=O) groups excluding carboxylic acids is 3. The minimum atomic E-state index is -0.821. The van der Waals surface area contributed by atoms with E-state index in [9.17, 15) is 14.4 Å². The minimum Gasteiger partial charge on any atom is -0.384 e. The van der Waals surface area contributed by atoms with E-state index in [1.165, 1.54) is 18.3 Å². The SMILES string of the molecule is CC(=O)NC1(CCC(=O)NC(Cc2cccc(C(=N)N)c2)C(=O)c2nc3ccccc3s2)CCCCC1. The lowest BCUT2D eigenvalue weighted by Crippen LogP contribution is -2.50. The summed E-state index contributed by atoms with van der Waals surface area (Å²) in [6, 6.07) is 13.9. The average Bonchev–Trinajstić information content (AvgIpc) is 3.31. The van der Waals surface area contributed by atoms with Crippen molar-refractivity contribution in [2.45, 2.75) is 69.9 Å². The van der Waals surface area contributed by atoms with Gasteiger partial charge in [0, 0.05) is 30.9 Å². The Hall–Kier alpha value is -3.59. The van der Waals surface area contributed by atoms with Gasteiger partial charge >= 0.3 is 0 Å². The van der Waals surface area contributed by atoms with Crippen molar-refractivity contribution in [3.63, 3.8) is 0 Å². The van der Waals surface area contributed by atoms with Crippen molar-refractivity contribution >= 4 is 45.0 Å². The Balaban J connectivity index is 1.53. The van der Waals surface area contributed by atoms with E-state index in [0.717, 1.165) is 47.9 Å². The van der Waals surface area contributed by atoms with Crippen LogP contribution in [0.3, 0.4) is 0 Å². The first kappa shape index (κ1) is 26.5. The molecule has 5 N–H and O–H groups in total. The summed E-state index contributed by atoms with van der Waals surface area (Å²) in [5, 5.41) is 14.1. The van der Waals surface area contributed by atoms with Crippen molar-refractivity contribution in [3.8, 4) is 0 Å². The van der Waals surface area contributed by atoms with Crippen LogP contribution >= 0.6 is 11.3 Å². The van der Waals surface area contributed by atoms with Gasteiger partial charge in [-0.15, -0.1) is 11.3 Å². The summed E-state index contributed by atoms with van der Waals surface area (Å²) in [4.78, 5) is 43.1. The van der Waals surface area contributed by atoms with Crippen LogP contribution < -0.4 is 16.4 Å². The number of benzene rings is 2. The number of thiazole rings is 1. The smallest absolute Gasteiger partial charge is 0.220 e. The molecule has 0 saturated heterocycles. The third-order valence-corrected chi connectivity index (χ3v) is 7.97. The van der Waals surface area contributed by atoms with E-state index < -0.39 is 6.04 Å². The highest BCUT2D eigenvalue weighted by atomic mass is 32.1. The molecule has 8 nitrogen and oxygen atoms in total. The summed E-state index contributed by atoms with van der Waals surface area (Å²) >= 11 is 1.31. The molecular formula is C28H33N5O3S. The van der Waals surface area contributed by atoms with Crippen molar-refractivity contribution in [1.29, 1.82) is 5.41 Å². The number of para-hydroxylation sites is 1. The number of hydrogen-bond acceptors (Lipinski definition) is 6. The van der Waals surface area contributed by atoms with Crippen LogP contribution in [0.2, 0.25) is 0 Å². The van der Waals surface area contributed by atoms with E-state index in [-0.39, 0.29) is 41.8 Å². The van der Waals surface area contributed by atoms with Gasteiger partial charge in [-0.05, 0) is 43.0 Å². The van der Waals surface area contributed by atoms with Crippen LogP contribution in [0.4, 0.5) is 0 Å². The predicted octanol–water partition coefficient (Wildman–Crippen LogP) is 4.11. The van der Waals surface area contributed by atoms with Crippen LogP contribution in [0.1, 0.15) is 72.8 Å². The second-order valence-corrected chi connectivity index (χ2v) is 10.8. The van der Waals surface area contributed by atoms with Gasteiger partial charge in [-0.3, -0.25) is 19.8 Å². The second kappa shape index (κ2) is 11.6. The highest BCUT2D eigenvalue weighted by Crippen LogP contribution is 2.32. The van der Waals surface area contributed by atoms with Gasteiger partial charge in [0.25, 0.3) is 0 Å². The molecule has 1 saturated carbocycles. The topological polar surface area (TPSA) is 138 Å². The molecule has 1 unspecified atom stereocenters. The molecule has 0 radical (unpaired) electrons. The quantitative estimate of drug-likeness (QED) is 0.181. The van der Waals surface area contributed by atoms with Crippen LogP contribution in [0.5, 0.6) is 0 Å². The molecule has 9 heteroatoms. The third-order valence-electron chi connectivity index (χ3n) is 6.92. The van der Waals surface area contributed by atoms with Crippen molar-refractivity contribution < 1.29 is 14.4 Å². The van der Waals surface area contributed by atoms with E-state index >= 15 is 0 Å². The van der Waals surface area contributed by atoms with Crippen molar-refractivity contribution in [3.05, 3.63) is 64.7 Å². The van der Waals surface area contributed by atoms with Gasteiger partial charge in [0.05, 0.1) is 16.3 Å². The number of nitrogens with two attached hydrogens (primary N) is 1. The maximum Gasteiger partial charge on any atom is 0.220 e. The average molecular weight is 520 g/mol. The number of nitrogens with zero attached hydrogens (tertiary/aromatic N) is 1. The van der Waals surface area contributed by atoms with E-state index in [1.807, 2.05) is 30.3 Å². The number of carbonyl (C=O) groups is 3. The summed E-state index contributed by atoms with van der Waals surface area (Å²) in [6.45, 7) is 1.51.